The summed E-state index contributed by atoms with van der Waals surface area (Å²) in [5.41, 5.74) is 0.811. The van der Waals surface area contributed by atoms with E-state index in [0.29, 0.717) is 15.6 Å². The SMILES string of the molecule is CNC(c1cc(C)c(F)cc1F)c1c(F)cccc1Br. The highest BCUT2D eigenvalue weighted by molar-refractivity contribution is 9.10. The number of hydrogen-bond donors (Lipinski definition) is 1. The molecule has 2 aromatic carbocycles. The quantitative estimate of drug-likeness (QED) is 0.866. The largest absolute Gasteiger partial charge is 0.309 e. The minimum absolute atomic E-state index is 0.206. The van der Waals surface area contributed by atoms with E-state index in [4.69, 9.17) is 0 Å². The number of halogens is 4. The average molecular weight is 344 g/mol. The molecule has 0 heterocycles. The molecule has 0 saturated heterocycles. The Morgan fingerprint density at radius 1 is 1.05 bits per heavy atom. The monoisotopic (exact) mass is 343 g/mol. The van der Waals surface area contributed by atoms with Gasteiger partial charge in [-0.25, -0.2) is 13.2 Å². The van der Waals surface area contributed by atoms with Crippen LogP contribution in [-0.2, 0) is 0 Å². The van der Waals surface area contributed by atoms with Gasteiger partial charge in [-0.15, -0.1) is 0 Å². The normalized spacial score (nSPS) is 12.5. The van der Waals surface area contributed by atoms with Crippen molar-refractivity contribution in [2.24, 2.45) is 0 Å². The van der Waals surface area contributed by atoms with Crippen molar-refractivity contribution in [2.45, 2.75) is 13.0 Å². The fourth-order valence-corrected chi connectivity index (χ4v) is 2.71. The molecule has 0 radical (unpaired) electrons. The van der Waals surface area contributed by atoms with Gasteiger partial charge in [-0.2, -0.15) is 0 Å². The minimum atomic E-state index is -0.706. The number of benzene rings is 2. The first kappa shape index (κ1) is 15.1. The maximum absolute atomic E-state index is 14.0. The first-order chi connectivity index (χ1) is 9.45. The van der Waals surface area contributed by atoms with E-state index in [1.165, 1.54) is 12.1 Å². The van der Waals surface area contributed by atoms with Crippen molar-refractivity contribution in [2.75, 3.05) is 7.05 Å². The zero-order valence-corrected chi connectivity index (χ0v) is 12.6. The van der Waals surface area contributed by atoms with Crippen molar-refractivity contribution in [3.63, 3.8) is 0 Å². The summed E-state index contributed by atoms with van der Waals surface area (Å²) in [7, 11) is 1.60. The van der Waals surface area contributed by atoms with Gasteiger partial charge in [-0.1, -0.05) is 22.0 Å². The molecule has 0 spiro atoms. The summed E-state index contributed by atoms with van der Waals surface area (Å²) in [6.07, 6.45) is 0. The number of hydrogen-bond acceptors (Lipinski definition) is 1. The standard InChI is InChI=1S/C15H13BrF3N/c1-8-6-9(13(19)7-12(8)18)15(20-2)14-10(16)4-3-5-11(14)17/h3-7,15,20H,1-2H3. The molecule has 1 atom stereocenters. The zero-order chi connectivity index (χ0) is 14.9. The molecule has 5 heteroatoms. The molecule has 0 amide bonds. The maximum atomic E-state index is 14.0. The van der Waals surface area contributed by atoms with E-state index in [-0.39, 0.29) is 5.56 Å². The van der Waals surface area contributed by atoms with E-state index in [9.17, 15) is 13.2 Å². The molecule has 0 bridgehead atoms. The predicted octanol–water partition coefficient (Wildman–Crippen LogP) is 4.48. The van der Waals surface area contributed by atoms with E-state index in [0.717, 1.165) is 6.07 Å². The second-order valence-corrected chi connectivity index (χ2v) is 5.33. The summed E-state index contributed by atoms with van der Waals surface area (Å²) >= 11 is 3.27. The summed E-state index contributed by atoms with van der Waals surface area (Å²) in [5.74, 6) is -1.78. The van der Waals surface area contributed by atoms with Crippen molar-refractivity contribution >= 4 is 15.9 Å². The first-order valence-electron chi connectivity index (χ1n) is 6.02. The third-order valence-electron chi connectivity index (χ3n) is 3.17. The first-order valence-corrected chi connectivity index (χ1v) is 6.81. The van der Waals surface area contributed by atoms with Crippen LogP contribution in [0.15, 0.2) is 34.8 Å². The molecule has 0 aliphatic carbocycles. The Kier molecular flexibility index (Phi) is 4.50. The number of rotatable bonds is 3. The van der Waals surface area contributed by atoms with Crippen LogP contribution in [0.2, 0.25) is 0 Å². The van der Waals surface area contributed by atoms with Crippen LogP contribution in [0.1, 0.15) is 22.7 Å². The highest BCUT2D eigenvalue weighted by Gasteiger charge is 2.23. The van der Waals surface area contributed by atoms with Gasteiger partial charge < -0.3 is 5.32 Å². The molecule has 0 aliphatic heterocycles. The van der Waals surface area contributed by atoms with Gasteiger partial charge in [-0.05, 0) is 37.7 Å². The van der Waals surface area contributed by atoms with Crippen LogP contribution in [-0.4, -0.2) is 7.05 Å². The van der Waals surface area contributed by atoms with Crippen LogP contribution in [0.5, 0.6) is 0 Å². The van der Waals surface area contributed by atoms with Gasteiger partial charge >= 0.3 is 0 Å². The van der Waals surface area contributed by atoms with Gasteiger partial charge in [0.1, 0.15) is 17.5 Å². The molecule has 20 heavy (non-hydrogen) atoms. The van der Waals surface area contributed by atoms with Gasteiger partial charge in [-0.3, -0.25) is 0 Å². The molecular weight excluding hydrogens is 331 g/mol. The lowest BCUT2D eigenvalue weighted by molar-refractivity contribution is 0.531. The van der Waals surface area contributed by atoms with Gasteiger partial charge in [0.15, 0.2) is 0 Å². The molecule has 1 unspecified atom stereocenters. The summed E-state index contributed by atoms with van der Waals surface area (Å²) in [5, 5.41) is 2.87. The van der Waals surface area contributed by atoms with E-state index in [1.54, 1.807) is 26.1 Å². The summed E-state index contributed by atoms with van der Waals surface area (Å²) in [6.45, 7) is 1.54. The second-order valence-electron chi connectivity index (χ2n) is 4.48. The summed E-state index contributed by atoms with van der Waals surface area (Å²) < 4.78 is 41.9. The van der Waals surface area contributed by atoms with Crippen LogP contribution >= 0.6 is 15.9 Å². The van der Waals surface area contributed by atoms with E-state index >= 15 is 0 Å². The molecule has 2 aromatic rings. The fraction of sp³-hybridized carbons (Fsp3) is 0.200. The third-order valence-corrected chi connectivity index (χ3v) is 3.86. The molecule has 0 aromatic heterocycles. The smallest absolute Gasteiger partial charge is 0.131 e. The fourth-order valence-electron chi connectivity index (χ4n) is 2.14. The predicted molar refractivity (Wildman–Crippen MR) is 76.1 cm³/mol. The Morgan fingerprint density at radius 2 is 1.75 bits per heavy atom. The summed E-state index contributed by atoms with van der Waals surface area (Å²) in [4.78, 5) is 0. The lowest BCUT2D eigenvalue weighted by Gasteiger charge is -2.20. The second kappa shape index (κ2) is 5.97. The lowest BCUT2D eigenvalue weighted by Crippen LogP contribution is -2.21. The summed E-state index contributed by atoms with van der Waals surface area (Å²) in [6, 6.07) is 6.05. The Balaban J connectivity index is 2.62. The van der Waals surface area contributed by atoms with Crippen LogP contribution in [0.4, 0.5) is 13.2 Å². The molecule has 0 saturated carbocycles. The highest BCUT2D eigenvalue weighted by Crippen LogP contribution is 2.32. The van der Waals surface area contributed by atoms with E-state index < -0.39 is 23.5 Å². The van der Waals surface area contributed by atoms with Crippen molar-refractivity contribution < 1.29 is 13.2 Å². The molecule has 106 valence electrons. The lowest BCUT2D eigenvalue weighted by atomic mass is 9.96. The number of nitrogens with one attached hydrogen (secondary N) is 1. The zero-order valence-electron chi connectivity index (χ0n) is 11.0. The Morgan fingerprint density at radius 3 is 2.35 bits per heavy atom. The maximum Gasteiger partial charge on any atom is 0.131 e. The molecule has 0 aliphatic rings. The van der Waals surface area contributed by atoms with Crippen molar-refractivity contribution in [1.29, 1.82) is 0 Å². The highest BCUT2D eigenvalue weighted by atomic mass is 79.9. The third kappa shape index (κ3) is 2.74. The Labute approximate surface area is 123 Å². The number of aryl methyl sites for hydroxylation is 1. The Bertz CT molecular complexity index is 623. The van der Waals surface area contributed by atoms with Crippen molar-refractivity contribution in [1.82, 2.24) is 5.32 Å². The van der Waals surface area contributed by atoms with E-state index in [1.807, 2.05) is 0 Å². The minimum Gasteiger partial charge on any atom is -0.309 e. The van der Waals surface area contributed by atoms with Gasteiger partial charge in [0.25, 0.3) is 0 Å². The van der Waals surface area contributed by atoms with Crippen LogP contribution < -0.4 is 5.32 Å². The van der Waals surface area contributed by atoms with E-state index in [2.05, 4.69) is 21.2 Å². The Hall–Kier alpha value is -1.33. The van der Waals surface area contributed by atoms with Gasteiger partial charge in [0.05, 0.1) is 6.04 Å². The topological polar surface area (TPSA) is 12.0 Å². The van der Waals surface area contributed by atoms with Gasteiger partial charge in [0, 0.05) is 21.7 Å². The van der Waals surface area contributed by atoms with Crippen molar-refractivity contribution in [3.8, 4) is 0 Å². The van der Waals surface area contributed by atoms with Crippen LogP contribution in [0.25, 0.3) is 0 Å². The van der Waals surface area contributed by atoms with Gasteiger partial charge in [0.2, 0.25) is 0 Å². The van der Waals surface area contributed by atoms with Crippen LogP contribution in [0, 0.1) is 24.4 Å². The molecule has 2 rings (SSSR count). The molecular formula is C15H13BrF3N. The molecule has 1 N–H and O–H groups in total. The molecule has 0 fully saturated rings. The van der Waals surface area contributed by atoms with Crippen molar-refractivity contribution in [3.05, 3.63) is 68.9 Å². The van der Waals surface area contributed by atoms with Crippen LogP contribution in [0.3, 0.4) is 0 Å². The average Bonchev–Trinajstić information content (AvgIpc) is 2.39. The molecule has 1 nitrogen and oxygen atoms in total.